The van der Waals surface area contributed by atoms with Crippen LogP contribution in [0.3, 0.4) is 0 Å². The van der Waals surface area contributed by atoms with Gasteiger partial charge in [-0.15, -0.1) is 0 Å². The molecule has 0 saturated carbocycles. The maximum atomic E-state index is 12.5. The zero-order valence-corrected chi connectivity index (χ0v) is 12.4. The van der Waals surface area contributed by atoms with Gasteiger partial charge in [0.25, 0.3) is 5.91 Å². The Morgan fingerprint density at radius 2 is 1.82 bits per heavy atom. The molecule has 0 spiro atoms. The summed E-state index contributed by atoms with van der Waals surface area (Å²) >= 11 is 0. The summed E-state index contributed by atoms with van der Waals surface area (Å²) in [5, 5.41) is 5.68. The summed E-state index contributed by atoms with van der Waals surface area (Å²) in [6, 6.07) is 9.00. The van der Waals surface area contributed by atoms with Crippen molar-refractivity contribution in [2.45, 2.75) is 13.8 Å². The predicted molar refractivity (Wildman–Crippen MR) is 84.6 cm³/mol. The number of hydrogen-bond acceptors (Lipinski definition) is 3. The van der Waals surface area contributed by atoms with Gasteiger partial charge >= 0.3 is 0 Å². The highest BCUT2D eigenvalue weighted by Crippen LogP contribution is 2.19. The van der Waals surface area contributed by atoms with Crippen LogP contribution in [-0.4, -0.2) is 27.1 Å². The molecule has 1 aliphatic rings. The zero-order valence-electron chi connectivity index (χ0n) is 12.4. The third kappa shape index (κ3) is 2.48. The zero-order chi connectivity index (χ0) is 15.7. The van der Waals surface area contributed by atoms with Crippen LogP contribution in [0.15, 0.2) is 54.0 Å². The number of amides is 1. The van der Waals surface area contributed by atoms with Gasteiger partial charge in [-0.1, -0.05) is 18.2 Å². The van der Waals surface area contributed by atoms with Crippen molar-refractivity contribution in [1.82, 2.24) is 9.58 Å². The molecule has 5 nitrogen and oxygen atoms in total. The molecule has 0 unspecified atom stereocenters. The largest absolute Gasteiger partial charge is 0.294 e. The van der Waals surface area contributed by atoms with Gasteiger partial charge in [-0.2, -0.15) is 5.10 Å². The average molecular weight is 293 g/mol. The Hall–Kier alpha value is -2.95. The molecule has 0 fully saturated rings. The molecule has 1 amide bonds. The standard InChI is InChI=1S/C17H15N3O2/c1-12-16-11-19(13(2)21)10-15(16)8-9-20(18-12)17(22)14-6-4-3-5-7-14/h3-11H,1-2H3. The Bertz CT molecular complexity index is 801. The summed E-state index contributed by atoms with van der Waals surface area (Å²) in [6.07, 6.45) is 6.88. The highest BCUT2D eigenvalue weighted by molar-refractivity contribution is 6.05. The van der Waals surface area contributed by atoms with Crippen molar-refractivity contribution in [1.29, 1.82) is 0 Å². The molecule has 0 bridgehead atoms. The van der Waals surface area contributed by atoms with Crippen molar-refractivity contribution in [3.8, 4) is 0 Å². The van der Waals surface area contributed by atoms with E-state index in [4.69, 9.17) is 0 Å². The van der Waals surface area contributed by atoms with Gasteiger partial charge in [0.2, 0.25) is 5.91 Å². The highest BCUT2D eigenvalue weighted by atomic mass is 16.2. The lowest BCUT2D eigenvalue weighted by Crippen LogP contribution is -2.21. The summed E-state index contributed by atoms with van der Waals surface area (Å²) in [6.45, 7) is 3.32. The molecular formula is C17H15N3O2. The fourth-order valence-electron chi connectivity index (χ4n) is 2.31. The lowest BCUT2D eigenvalue weighted by Gasteiger charge is -2.12. The van der Waals surface area contributed by atoms with E-state index in [0.717, 1.165) is 11.1 Å². The molecule has 2 heterocycles. The fourth-order valence-corrected chi connectivity index (χ4v) is 2.31. The van der Waals surface area contributed by atoms with E-state index in [9.17, 15) is 9.59 Å². The van der Waals surface area contributed by atoms with Crippen LogP contribution in [0.5, 0.6) is 0 Å². The molecule has 110 valence electrons. The maximum absolute atomic E-state index is 12.5. The van der Waals surface area contributed by atoms with E-state index in [2.05, 4.69) is 5.10 Å². The summed E-state index contributed by atoms with van der Waals surface area (Å²) in [5.74, 6) is -0.257. The van der Waals surface area contributed by atoms with Crippen molar-refractivity contribution in [3.63, 3.8) is 0 Å². The lowest BCUT2D eigenvalue weighted by atomic mass is 10.1. The highest BCUT2D eigenvalue weighted by Gasteiger charge is 2.18. The van der Waals surface area contributed by atoms with Gasteiger partial charge in [0.1, 0.15) is 0 Å². The number of carbonyl (C=O) groups excluding carboxylic acids is 2. The van der Waals surface area contributed by atoms with Gasteiger partial charge < -0.3 is 0 Å². The molecule has 3 rings (SSSR count). The Morgan fingerprint density at radius 1 is 1.09 bits per heavy atom. The molecule has 1 aromatic carbocycles. The number of aromatic nitrogens is 1. The van der Waals surface area contributed by atoms with Crippen LogP contribution in [0, 0.1) is 0 Å². The predicted octanol–water partition coefficient (Wildman–Crippen LogP) is 3.00. The molecule has 0 saturated heterocycles. The van der Waals surface area contributed by atoms with E-state index in [1.54, 1.807) is 36.8 Å². The minimum absolute atomic E-state index is 0.0634. The monoisotopic (exact) mass is 293 g/mol. The van der Waals surface area contributed by atoms with Gasteiger partial charge in [-0.3, -0.25) is 14.2 Å². The minimum Gasteiger partial charge on any atom is -0.294 e. The van der Waals surface area contributed by atoms with Gasteiger partial charge in [0.05, 0.1) is 5.71 Å². The van der Waals surface area contributed by atoms with Crippen LogP contribution in [0.4, 0.5) is 0 Å². The van der Waals surface area contributed by atoms with E-state index < -0.39 is 0 Å². The average Bonchev–Trinajstić information content (AvgIpc) is 2.90. The molecular weight excluding hydrogens is 278 g/mol. The van der Waals surface area contributed by atoms with E-state index in [0.29, 0.717) is 11.3 Å². The van der Waals surface area contributed by atoms with Crippen molar-refractivity contribution in [2.24, 2.45) is 5.10 Å². The maximum Gasteiger partial charge on any atom is 0.278 e. The van der Waals surface area contributed by atoms with Crippen LogP contribution in [0.25, 0.3) is 6.08 Å². The van der Waals surface area contributed by atoms with Crippen LogP contribution >= 0.6 is 0 Å². The number of hydrazone groups is 1. The Balaban J connectivity index is 1.96. The van der Waals surface area contributed by atoms with E-state index >= 15 is 0 Å². The van der Waals surface area contributed by atoms with Gasteiger partial charge in [0, 0.05) is 42.2 Å². The lowest BCUT2D eigenvalue weighted by molar-refractivity contribution is 0.0826. The molecule has 0 N–H and O–H groups in total. The second-order valence-corrected chi connectivity index (χ2v) is 5.07. The normalized spacial score (nSPS) is 13.4. The fraction of sp³-hybridized carbons (Fsp3) is 0.118. The number of nitrogens with zero attached hydrogens (tertiary/aromatic N) is 3. The van der Waals surface area contributed by atoms with E-state index in [-0.39, 0.29) is 11.8 Å². The first kappa shape index (κ1) is 14.0. The number of benzene rings is 1. The summed E-state index contributed by atoms with van der Waals surface area (Å²) in [5.41, 5.74) is 2.96. The number of hydrogen-bond donors (Lipinski definition) is 0. The smallest absolute Gasteiger partial charge is 0.278 e. The Morgan fingerprint density at radius 3 is 2.50 bits per heavy atom. The third-order valence-corrected chi connectivity index (χ3v) is 3.49. The van der Waals surface area contributed by atoms with Crippen molar-refractivity contribution < 1.29 is 9.59 Å². The van der Waals surface area contributed by atoms with Crippen molar-refractivity contribution in [3.05, 3.63) is 65.6 Å². The van der Waals surface area contributed by atoms with E-state index in [1.807, 2.05) is 25.1 Å². The van der Waals surface area contributed by atoms with Crippen LogP contribution in [0.1, 0.15) is 40.1 Å². The second kappa shape index (κ2) is 5.44. The Labute approximate surface area is 128 Å². The molecule has 2 aromatic rings. The van der Waals surface area contributed by atoms with Crippen LogP contribution in [0.2, 0.25) is 0 Å². The summed E-state index contributed by atoms with van der Waals surface area (Å²) in [4.78, 5) is 23.9. The minimum atomic E-state index is -0.194. The van der Waals surface area contributed by atoms with Crippen molar-refractivity contribution in [2.75, 3.05) is 0 Å². The SMILES string of the molecule is CC(=O)n1cc2c(c1)C(C)=NN(C(=O)c1ccccc1)C=C2. The number of fused-ring (bicyclic) bond motifs is 1. The van der Waals surface area contributed by atoms with Gasteiger partial charge in [0.15, 0.2) is 0 Å². The van der Waals surface area contributed by atoms with Crippen LogP contribution < -0.4 is 0 Å². The van der Waals surface area contributed by atoms with Crippen molar-refractivity contribution >= 4 is 23.6 Å². The third-order valence-electron chi connectivity index (χ3n) is 3.49. The van der Waals surface area contributed by atoms with Gasteiger partial charge in [-0.25, -0.2) is 5.01 Å². The number of carbonyl (C=O) groups is 2. The molecule has 0 aliphatic carbocycles. The summed E-state index contributed by atoms with van der Waals surface area (Å²) in [7, 11) is 0. The summed E-state index contributed by atoms with van der Waals surface area (Å²) < 4.78 is 1.52. The first-order valence-corrected chi connectivity index (χ1v) is 6.91. The molecule has 1 aromatic heterocycles. The van der Waals surface area contributed by atoms with Gasteiger partial charge in [-0.05, 0) is 25.1 Å². The topological polar surface area (TPSA) is 54.7 Å². The first-order chi connectivity index (χ1) is 10.6. The molecule has 5 heteroatoms. The van der Waals surface area contributed by atoms with E-state index in [1.165, 1.54) is 16.5 Å². The molecule has 22 heavy (non-hydrogen) atoms. The Kier molecular flexibility index (Phi) is 3.47. The molecule has 0 radical (unpaired) electrons. The first-order valence-electron chi connectivity index (χ1n) is 6.91. The second-order valence-electron chi connectivity index (χ2n) is 5.07. The quantitative estimate of drug-likeness (QED) is 0.811. The molecule has 0 atom stereocenters. The molecule has 1 aliphatic heterocycles. The van der Waals surface area contributed by atoms with Crippen LogP contribution in [-0.2, 0) is 0 Å². The number of rotatable bonds is 1.